The molecule has 4 nitrogen and oxygen atoms in total. The number of aryl methyl sites for hydroxylation is 1. The van der Waals surface area contributed by atoms with Gasteiger partial charge in [0, 0.05) is 6.04 Å². The molecule has 0 unspecified atom stereocenters. The molecule has 0 saturated carbocycles. The van der Waals surface area contributed by atoms with Gasteiger partial charge in [-0.1, -0.05) is 0 Å². The molecule has 124 valence electrons. The first kappa shape index (κ1) is 16.8. The van der Waals surface area contributed by atoms with Gasteiger partial charge in [-0.15, -0.1) is 0 Å². The van der Waals surface area contributed by atoms with Crippen LogP contribution in [-0.2, 0) is 16.4 Å². The highest BCUT2D eigenvalue weighted by Gasteiger charge is 2.33. The highest BCUT2D eigenvalue weighted by molar-refractivity contribution is 7.92. The van der Waals surface area contributed by atoms with Gasteiger partial charge in [-0.2, -0.15) is 4.99 Å². The molecule has 1 heterocycles. The number of nitrogens with zero attached hydrogens (tertiary/aromatic N) is 2. The minimum atomic E-state index is -3.75. The SMILES string of the molecule is C[C@H]1CCc2cc(F)ccc2N1S(=O)(=O)c1ccc(N=C=S)cc1. The molecule has 0 radical (unpaired) electrons. The first-order chi connectivity index (χ1) is 11.4. The zero-order valence-corrected chi connectivity index (χ0v) is 14.6. The van der Waals surface area contributed by atoms with Gasteiger partial charge in [-0.05, 0) is 80.0 Å². The third-order valence-electron chi connectivity index (χ3n) is 4.08. The summed E-state index contributed by atoms with van der Waals surface area (Å²) in [4.78, 5) is 3.98. The van der Waals surface area contributed by atoms with Crippen LogP contribution in [0.15, 0.2) is 52.4 Å². The van der Waals surface area contributed by atoms with Crippen molar-refractivity contribution in [1.29, 1.82) is 0 Å². The molecule has 7 heteroatoms. The Hall–Kier alpha value is -2.08. The number of hydrogen-bond donors (Lipinski definition) is 0. The lowest BCUT2D eigenvalue weighted by Crippen LogP contribution is -2.42. The number of benzene rings is 2. The van der Waals surface area contributed by atoms with E-state index in [0.717, 1.165) is 0 Å². The fraction of sp³-hybridized carbons (Fsp3) is 0.235. The van der Waals surface area contributed by atoms with Gasteiger partial charge in [0.25, 0.3) is 10.0 Å². The van der Waals surface area contributed by atoms with Gasteiger partial charge >= 0.3 is 0 Å². The van der Waals surface area contributed by atoms with E-state index in [4.69, 9.17) is 0 Å². The number of sulfonamides is 1. The maximum Gasteiger partial charge on any atom is 0.264 e. The topological polar surface area (TPSA) is 49.7 Å². The Labute approximate surface area is 145 Å². The zero-order chi connectivity index (χ0) is 17.3. The molecule has 24 heavy (non-hydrogen) atoms. The summed E-state index contributed by atoms with van der Waals surface area (Å²) in [7, 11) is -3.75. The van der Waals surface area contributed by atoms with Crippen LogP contribution in [0.2, 0.25) is 0 Å². The van der Waals surface area contributed by atoms with E-state index in [1.54, 1.807) is 12.1 Å². The molecular formula is C17H15FN2O2S2. The number of hydrogen-bond acceptors (Lipinski definition) is 4. The summed E-state index contributed by atoms with van der Waals surface area (Å²) in [6.07, 6.45) is 1.30. The number of rotatable bonds is 3. The third-order valence-corrected chi connectivity index (χ3v) is 6.11. The van der Waals surface area contributed by atoms with Crippen LogP contribution in [0.4, 0.5) is 15.8 Å². The lowest BCUT2D eigenvalue weighted by atomic mass is 9.99. The van der Waals surface area contributed by atoms with E-state index < -0.39 is 10.0 Å². The Balaban J connectivity index is 2.07. The van der Waals surface area contributed by atoms with Gasteiger partial charge in [0.2, 0.25) is 0 Å². The number of aliphatic imine (C=N–C) groups is 1. The van der Waals surface area contributed by atoms with E-state index in [1.807, 2.05) is 6.92 Å². The van der Waals surface area contributed by atoms with Crippen LogP contribution >= 0.6 is 12.2 Å². The van der Waals surface area contributed by atoms with Crippen molar-refractivity contribution in [1.82, 2.24) is 0 Å². The van der Waals surface area contributed by atoms with Crippen LogP contribution in [0.5, 0.6) is 0 Å². The third kappa shape index (κ3) is 2.98. The summed E-state index contributed by atoms with van der Waals surface area (Å²) in [6.45, 7) is 1.86. The highest BCUT2D eigenvalue weighted by Crippen LogP contribution is 2.35. The Bertz CT molecular complexity index is 920. The Morgan fingerprint density at radius 2 is 1.96 bits per heavy atom. The van der Waals surface area contributed by atoms with Crippen molar-refractivity contribution in [3.63, 3.8) is 0 Å². The van der Waals surface area contributed by atoms with Crippen molar-refractivity contribution in [3.05, 3.63) is 53.8 Å². The van der Waals surface area contributed by atoms with Crippen LogP contribution in [0.25, 0.3) is 0 Å². The minimum Gasteiger partial charge on any atom is -0.263 e. The molecule has 0 aliphatic carbocycles. The molecule has 0 saturated heterocycles. The number of fused-ring (bicyclic) bond motifs is 1. The van der Waals surface area contributed by atoms with Gasteiger partial charge in [0.05, 0.1) is 21.4 Å². The van der Waals surface area contributed by atoms with Crippen molar-refractivity contribution >= 4 is 38.8 Å². The Morgan fingerprint density at radius 1 is 1.25 bits per heavy atom. The molecule has 0 aromatic heterocycles. The Morgan fingerprint density at radius 3 is 2.62 bits per heavy atom. The second-order valence-corrected chi connectivity index (χ2v) is 7.66. The normalized spacial score (nSPS) is 17.1. The van der Waals surface area contributed by atoms with Crippen molar-refractivity contribution in [2.45, 2.75) is 30.7 Å². The first-order valence-electron chi connectivity index (χ1n) is 7.44. The first-order valence-corrected chi connectivity index (χ1v) is 9.29. The molecule has 0 spiro atoms. The van der Waals surface area contributed by atoms with Gasteiger partial charge < -0.3 is 0 Å². The quantitative estimate of drug-likeness (QED) is 0.610. The van der Waals surface area contributed by atoms with Gasteiger partial charge in [0.15, 0.2) is 0 Å². The van der Waals surface area contributed by atoms with Crippen LogP contribution in [-0.4, -0.2) is 19.6 Å². The predicted molar refractivity (Wildman–Crippen MR) is 95.0 cm³/mol. The Kier molecular flexibility index (Phi) is 4.49. The minimum absolute atomic E-state index is 0.162. The fourth-order valence-electron chi connectivity index (χ4n) is 2.91. The molecular weight excluding hydrogens is 347 g/mol. The molecule has 0 amide bonds. The predicted octanol–water partition coefficient (Wildman–Crippen LogP) is 4.09. The lowest BCUT2D eigenvalue weighted by molar-refractivity contribution is 0.560. The number of anilines is 1. The highest BCUT2D eigenvalue weighted by atomic mass is 32.2. The van der Waals surface area contributed by atoms with E-state index in [1.165, 1.54) is 34.6 Å². The summed E-state index contributed by atoms with van der Waals surface area (Å²) < 4.78 is 41.0. The second kappa shape index (κ2) is 6.43. The monoisotopic (exact) mass is 362 g/mol. The zero-order valence-electron chi connectivity index (χ0n) is 12.9. The fourth-order valence-corrected chi connectivity index (χ4v) is 4.74. The molecule has 1 aliphatic heterocycles. The summed E-state index contributed by atoms with van der Waals surface area (Å²) >= 11 is 4.54. The van der Waals surface area contributed by atoms with Crippen LogP contribution in [0.3, 0.4) is 0 Å². The number of halogens is 1. The van der Waals surface area contributed by atoms with Crippen LogP contribution < -0.4 is 4.31 Å². The van der Waals surface area contributed by atoms with Crippen molar-refractivity contribution in [2.75, 3.05) is 4.31 Å². The van der Waals surface area contributed by atoms with E-state index in [9.17, 15) is 12.8 Å². The summed E-state index contributed by atoms with van der Waals surface area (Å²) in [5.41, 5.74) is 1.79. The molecule has 1 atom stereocenters. The van der Waals surface area contributed by atoms with Gasteiger partial charge in [-0.3, -0.25) is 4.31 Å². The van der Waals surface area contributed by atoms with Crippen LogP contribution in [0.1, 0.15) is 18.9 Å². The maximum absolute atomic E-state index is 13.5. The van der Waals surface area contributed by atoms with E-state index in [0.29, 0.717) is 29.8 Å². The second-order valence-electron chi connectivity index (χ2n) is 5.66. The maximum atomic E-state index is 13.5. The average molecular weight is 362 g/mol. The largest absolute Gasteiger partial charge is 0.264 e. The van der Waals surface area contributed by atoms with Crippen molar-refractivity contribution in [3.8, 4) is 0 Å². The van der Waals surface area contributed by atoms with E-state index in [2.05, 4.69) is 22.4 Å². The van der Waals surface area contributed by atoms with E-state index in [-0.39, 0.29) is 16.8 Å². The molecule has 0 fully saturated rings. The lowest BCUT2D eigenvalue weighted by Gasteiger charge is -2.36. The van der Waals surface area contributed by atoms with Gasteiger partial charge in [0.1, 0.15) is 5.82 Å². The molecule has 0 N–H and O–H groups in total. The molecule has 2 aromatic rings. The molecule has 3 rings (SSSR count). The molecule has 1 aliphatic rings. The van der Waals surface area contributed by atoms with Crippen molar-refractivity contribution < 1.29 is 12.8 Å². The summed E-state index contributed by atoms with van der Waals surface area (Å²) in [5, 5.41) is 2.24. The molecule has 2 aromatic carbocycles. The van der Waals surface area contributed by atoms with E-state index >= 15 is 0 Å². The summed E-state index contributed by atoms with van der Waals surface area (Å²) in [6, 6.07) is 10.2. The van der Waals surface area contributed by atoms with Crippen LogP contribution in [0, 0.1) is 5.82 Å². The average Bonchev–Trinajstić information content (AvgIpc) is 2.55. The van der Waals surface area contributed by atoms with Crippen molar-refractivity contribution in [2.24, 2.45) is 4.99 Å². The smallest absolute Gasteiger partial charge is 0.263 e. The standard InChI is InChI=1S/C17H15FN2O2S2/c1-12-2-3-13-10-14(18)4-9-17(13)20(12)24(21,22)16-7-5-15(6-8-16)19-11-23/h4-10,12H,2-3H2,1H3/t12-/m0/s1. The number of isothiocyanates is 1. The summed E-state index contributed by atoms with van der Waals surface area (Å²) in [5.74, 6) is -0.358. The number of thiocarbonyl (C=S) groups is 1. The van der Waals surface area contributed by atoms with Gasteiger partial charge in [-0.25, -0.2) is 12.8 Å². The molecule has 0 bridgehead atoms.